The minimum absolute atomic E-state index is 0.0815. The van der Waals surface area contributed by atoms with Crippen molar-refractivity contribution in [3.63, 3.8) is 0 Å². The van der Waals surface area contributed by atoms with E-state index >= 15 is 0 Å². The Hall–Kier alpha value is -2.61. The van der Waals surface area contributed by atoms with Crippen molar-refractivity contribution in [2.24, 2.45) is 5.10 Å². The van der Waals surface area contributed by atoms with Gasteiger partial charge in [-0.05, 0) is 62.7 Å². The lowest BCUT2D eigenvalue weighted by Gasteiger charge is -2.23. The molecule has 1 aliphatic heterocycles. The van der Waals surface area contributed by atoms with Crippen LogP contribution in [0.4, 0.5) is 0 Å². The highest BCUT2D eigenvalue weighted by atomic mass is 32.1. The van der Waals surface area contributed by atoms with Gasteiger partial charge in [0.25, 0.3) is 5.56 Å². The van der Waals surface area contributed by atoms with Crippen LogP contribution in [0.5, 0.6) is 11.6 Å². The summed E-state index contributed by atoms with van der Waals surface area (Å²) in [7, 11) is 0. The van der Waals surface area contributed by atoms with Crippen molar-refractivity contribution in [2.75, 3.05) is 19.7 Å². The molecule has 1 aromatic carbocycles. The quantitative estimate of drug-likeness (QED) is 0.621. The van der Waals surface area contributed by atoms with Gasteiger partial charge in [-0.3, -0.25) is 19.4 Å². The molecule has 0 unspecified atom stereocenters. The molecule has 138 valence electrons. The number of aromatic amines is 1. The summed E-state index contributed by atoms with van der Waals surface area (Å²) >= 11 is 5.22. The van der Waals surface area contributed by atoms with Crippen LogP contribution in [0.15, 0.2) is 34.2 Å². The molecule has 7 nitrogen and oxygen atoms in total. The molecule has 0 spiro atoms. The number of rotatable bonds is 5. The normalized spacial score (nSPS) is 14.7. The van der Waals surface area contributed by atoms with E-state index in [4.69, 9.17) is 17.0 Å². The first-order chi connectivity index (χ1) is 12.6. The molecule has 0 saturated carbocycles. The predicted molar refractivity (Wildman–Crippen MR) is 103 cm³/mol. The van der Waals surface area contributed by atoms with E-state index in [1.54, 1.807) is 24.3 Å². The van der Waals surface area contributed by atoms with Gasteiger partial charge in [-0.25, -0.2) is 0 Å². The maximum atomic E-state index is 12.2. The molecular formula is C18H22N4O3S. The zero-order valence-corrected chi connectivity index (χ0v) is 15.5. The lowest BCUT2D eigenvalue weighted by molar-refractivity contribution is 0.240. The van der Waals surface area contributed by atoms with Crippen molar-refractivity contribution in [1.29, 1.82) is 0 Å². The smallest absolute Gasteiger partial charge is 0.264 e. The van der Waals surface area contributed by atoms with Gasteiger partial charge in [0, 0.05) is 13.1 Å². The Morgan fingerprint density at radius 2 is 1.96 bits per heavy atom. The summed E-state index contributed by atoms with van der Waals surface area (Å²) in [5, 5.41) is 16.9. The number of H-pyrrole nitrogens is 1. The van der Waals surface area contributed by atoms with Crippen LogP contribution >= 0.6 is 12.2 Å². The average molecular weight is 374 g/mol. The second-order valence-corrected chi connectivity index (χ2v) is 6.40. The first kappa shape index (κ1) is 18.2. The maximum absolute atomic E-state index is 12.2. The summed E-state index contributed by atoms with van der Waals surface area (Å²) < 4.78 is 6.95. The summed E-state index contributed by atoms with van der Waals surface area (Å²) in [6.45, 7) is 4.19. The van der Waals surface area contributed by atoms with E-state index in [-0.39, 0.29) is 16.2 Å². The number of nitrogens with zero attached hydrogens (tertiary/aromatic N) is 3. The second-order valence-electron chi connectivity index (χ2n) is 6.02. The fourth-order valence-electron chi connectivity index (χ4n) is 2.88. The lowest BCUT2D eigenvalue weighted by Crippen LogP contribution is -2.25. The van der Waals surface area contributed by atoms with Gasteiger partial charge in [-0.15, -0.1) is 0 Å². The molecular weight excluding hydrogens is 352 g/mol. The summed E-state index contributed by atoms with van der Waals surface area (Å²) in [5.74, 6) is 0.488. The van der Waals surface area contributed by atoms with E-state index in [9.17, 15) is 9.90 Å². The van der Waals surface area contributed by atoms with Crippen molar-refractivity contribution in [3.05, 3.63) is 45.0 Å². The van der Waals surface area contributed by atoms with Crippen molar-refractivity contribution < 1.29 is 9.84 Å². The van der Waals surface area contributed by atoms with Crippen LogP contribution in [0, 0.1) is 4.77 Å². The Kier molecular flexibility index (Phi) is 5.72. The third-order valence-electron chi connectivity index (χ3n) is 4.21. The van der Waals surface area contributed by atoms with E-state index in [2.05, 4.69) is 10.1 Å². The number of ether oxygens (including phenoxy) is 1. The first-order valence-corrected chi connectivity index (χ1v) is 9.11. The Labute approximate surface area is 156 Å². The molecule has 0 atom stereocenters. The maximum Gasteiger partial charge on any atom is 0.264 e. The summed E-state index contributed by atoms with van der Waals surface area (Å²) in [4.78, 5) is 14.8. The van der Waals surface area contributed by atoms with E-state index in [1.807, 2.05) is 11.9 Å². The van der Waals surface area contributed by atoms with Gasteiger partial charge in [0.05, 0.1) is 18.5 Å². The van der Waals surface area contributed by atoms with Crippen LogP contribution in [-0.4, -0.2) is 45.6 Å². The predicted octanol–water partition coefficient (Wildman–Crippen LogP) is 2.82. The molecule has 0 aliphatic carbocycles. The summed E-state index contributed by atoms with van der Waals surface area (Å²) in [6.07, 6.45) is 4.76. The van der Waals surface area contributed by atoms with Gasteiger partial charge in [-0.2, -0.15) is 5.10 Å². The third-order valence-corrected chi connectivity index (χ3v) is 4.49. The highest BCUT2D eigenvalue weighted by Gasteiger charge is 2.14. The zero-order chi connectivity index (χ0) is 18.5. The number of nitrogens with one attached hydrogen (secondary N) is 1. The SMILES string of the molecule is CCOc1ccc(-n2c(O)c(C=NN3CCCCC3)c(=O)[nH]c2=S)cc1. The van der Waals surface area contributed by atoms with Gasteiger partial charge in [-0.1, -0.05) is 0 Å². The number of piperidine rings is 1. The molecule has 1 aliphatic rings. The average Bonchev–Trinajstić information content (AvgIpc) is 2.64. The summed E-state index contributed by atoms with van der Waals surface area (Å²) in [5.41, 5.74) is 0.244. The van der Waals surface area contributed by atoms with E-state index < -0.39 is 5.56 Å². The largest absolute Gasteiger partial charge is 0.494 e. The van der Waals surface area contributed by atoms with Gasteiger partial charge in [0.15, 0.2) is 4.77 Å². The Bertz CT molecular complexity index is 896. The van der Waals surface area contributed by atoms with Crippen LogP contribution in [0.2, 0.25) is 0 Å². The standard InChI is InChI=1S/C18H22N4O3S/c1-2-25-14-8-6-13(7-9-14)22-17(24)15(16(23)20-18(22)26)12-19-21-10-4-3-5-11-21/h6-9,12,24H,2-5,10-11H2,1H3,(H,20,23,26). The molecule has 26 heavy (non-hydrogen) atoms. The topological polar surface area (TPSA) is 82.8 Å². The van der Waals surface area contributed by atoms with Crippen LogP contribution in [0.25, 0.3) is 5.69 Å². The Morgan fingerprint density at radius 3 is 2.62 bits per heavy atom. The Morgan fingerprint density at radius 1 is 1.27 bits per heavy atom. The molecule has 0 bridgehead atoms. The van der Waals surface area contributed by atoms with Gasteiger partial charge in [0.1, 0.15) is 11.3 Å². The van der Waals surface area contributed by atoms with E-state index in [1.165, 1.54) is 17.2 Å². The Balaban J connectivity index is 1.97. The molecule has 0 radical (unpaired) electrons. The zero-order valence-electron chi connectivity index (χ0n) is 14.6. The van der Waals surface area contributed by atoms with E-state index in [0.29, 0.717) is 12.3 Å². The van der Waals surface area contributed by atoms with Crippen LogP contribution in [0.3, 0.4) is 0 Å². The number of aromatic nitrogens is 2. The van der Waals surface area contributed by atoms with Crippen LogP contribution in [0.1, 0.15) is 31.7 Å². The van der Waals surface area contributed by atoms with Crippen LogP contribution < -0.4 is 10.3 Å². The van der Waals surface area contributed by atoms with E-state index in [0.717, 1.165) is 31.7 Å². The summed E-state index contributed by atoms with van der Waals surface area (Å²) in [6, 6.07) is 7.11. The molecule has 2 N–H and O–H groups in total. The molecule has 2 heterocycles. The van der Waals surface area contributed by atoms with Crippen LogP contribution in [-0.2, 0) is 0 Å². The fourth-order valence-corrected chi connectivity index (χ4v) is 3.17. The number of benzene rings is 1. The number of hydrogen-bond donors (Lipinski definition) is 2. The third kappa shape index (κ3) is 3.96. The first-order valence-electron chi connectivity index (χ1n) is 8.70. The molecule has 1 aromatic heterocycles. The van der Waals surface area contributed by atoms with Crippen molar-refractivity contribution >= 4 is 18.4 Å². The molecule has 1 fully saturated rings. The number of hydrogen-bond acceptors (Lipinski definition) is 6. The molecule has 3 rings (SSSR count). The monoisotopic (exact) mass is 374 g/mol. The lowest BCUT2D eigenvalue weighted by atomic mass is 10.2. The molecule has 8 heteroatoms. The second kappa shape index (κ2) is 8.18. The minimum atomic E-state index is -0.463. The molecule has 1 saturated heterocycles. The minimum Gasteiger partial charge on any atom is -0.494 e. The van der Waals surface area contributed by atoms with Gasteiger partial charge < -0.3 is 9.84 Å². The highest BCUT2D eigenvalue weighted by Crippen LogP contribution is 2.21. The van der Waals surface area contributed by atoms with Crippen molar-refractivity contribution in [1.82, 2.24) is 14.6 Å². The fraction of sp³-hybridized carbons (Fsp3) is 0.389. The molecule has 2 aromatic rings. The van der Waals surface area contributed by atoms with Crippen molar-refractivity contribution in [3.8, 4) is 17.3 Å². The van der Waals surface area contributed by atoms with Gasteiger partial charge in [0.2, 0.25) is 5.88 Å². The van der Waals surface area contributed by atoms with Gasteiger partial charge >= 0.3 is 0 Å². The number of hydrazone groups is 1. The van der Waals surface area contributed by atoms with Crippen molar-refractivity contribution in [2.45, 2.75) is 26.2 Å². The highest BCUT2D eigenvalue weighted by molar-refractivity contribution is 7.71. The number of aromatic hydroxyl groups is 1. The molecule has 0 amide bonds.